The van der Waals surface area contributed by atoms with Crippen LogP contribution in [0, 0.1) is 0 Å². The largest absolute Gasteiger partial charge is 0.372 e. The van der Waals surface area contributed by atoms with E-state index in [2.05, 4.69) is 10.3 Å². The monoisotopic (exact) mass is 245 g/mol. The highest BCUT2D eigenvalue weighted by Gasteiger charge is 2.02. The van der Waals surface area contributed by atoms with Crippen molar-refractivity contribution >= 4 is 11.6 Å². The van der Waals surface area contributed by atoms with Gasteiger partial charge in [-0.15, -0.1) is 0 Å². The predicted octanol–water partition coefficient (Wildman–Crippen LogP) is 1.85. The van der Waals surface area contributed by atoms with Crippen molar-refractivity contribution in [2.24, 2.45) is 0 Å². The highest BCUT2D eigenvalue weighted by molar-refractivity contribution is 5.91. The summed E-state index contributed by atoms with van der Waals surface area (Å²) in [4.78, 5) is 15.4. The van der Waals surface area contributed by atoms with E-state index in [0.717, 1.165) is 11.4 Å². The van der Waals surface area contributed by atoms with Crippen molar-refractivity contribution in [1.29, 1.82) is 0 Å². The number of carbonyl (C=O) groups is 1. The maximum Gasteiger partial charge on any atom is 0.250 e. The molecule has 1 amide bonds. The molecule has 5 heteroatoms. The van der Waals surface area contributed by atoms with Crippen molar-refractivity contribution in [3.8, 4) is 5.69 Å². The molecule has 0 aliphatic carbocycles. The van der Waals surface area contributed by atoms with Crippen molar-refractivity contribution in [1.82, 2.24) is 9.55 Å². The minimum atomic E-state index is -0.146. The van der Waals surface area contributed by atoms with Crippen LogP contribution in [-0.2, 0) is 9.53 Å². The smallest absolute Gasteiger partial charge is 0.250 e. The fraction of sp³-hybridized carbons (Fsp3) is 0.231. The van der Waals surface area contributed by atoms with E-state index in [1.165, 1.54) is 0 Å². The van der Waals surface area contributed by atoms with E-state index in [0.29, 0.717) is 6.61 Å². The lowest BCUT2D eigenvalue weighted by molar-refractivity contribution is -0.120. The van der Waals surface area contributed by atoms with E-state index in [-0.39, 0.29) is 12.5 Å². The Bertz CT molecular complexity index is 491. The summed E-state index contributed by atoms with van der Waals surface area (Å²) in [5.41, 5.74) is 1.75. The van der Waals surface area contributed by atoms with Crippen LogP contribution >= 0.6 is 0 Å². The molecule has 94 valence electrons. The molecule has 1 N–H and O–H groups in total. The number of carbonyl (C=O) groups excluding carboxylic acids is 1. The molecule has 18 heavy (non-hydrogen) atoms. The zero-order chi connectivity index (χ0) is 12.8. The molecule has 0 atom stereocenters. The van der Waals surface area contributed by atoms with Gasteiger partial charge in [-0.25, -0.2) is 4.98 Å². The van der Waals surface area contributed by atoms with Crippen molar-refractivity contribution in [3.63, 3.8) is 0 Å². The summed E-state index contributed by atoms with van der Waals surface area (Å²) in [5, 5.41) is 2.76. The molecule has 0 fully saturated rings. The Morgan fingerprint density at radius 2 is 2.17 bits per heavy atom. The second-order valence-electron chi connectivity index (χ2n) is 3.70. The number of benzene rings is 1. The van der Waals surface area contributed by atoms with Crippen LogP contribution in [0.4, 0.5) is 5.69 Å². The zero-order valence-corrected chi connectivity index (χ0v) is 10.2. The van der Waals surface area contributed by atoms with Gasteiger partial charge in [0.25, 0.3) is 0 Å². The fourth-order valence-corrected chi connectivity index (χ4v) is 1.52. The van der Waals surface area contributed by atoms with Gasteiger partial charge in [0.2, 0.25) is 5.91 Å². The van der Waals surface area contributed by atoms with E-state index in [9.17, 15) is 4.79 Å². The Balaban J connectivity index is 1.98. The topological polar surface area (TPSA) is 56.1 Å². The molecule has 0 aliphatic rings. The van der Waals surface area contributed by atoms with E-state index in [4.69, 9.17) is 4.74 Å². The van der Waals surface area contributed by atoms with Crippen molar-refractivity contribution in [2.75, 3.05) is 18.5 Å². The molecule has 1 aromatic heterocycles. The number of aromatic nitrogens is 2. The number of hydrogen-bond donors (Lipinski definition) is 1. The lowest BCUT2D eigenvalue weighted by Crippen LogP contribution is -2.18. The first kappa shape index (κ1) is 12.3. The minimum absolute atomic E-state index is 0.0831. The van der Waals surface area contributed by atoms with E-state index >= 15 is 0 Å². The third-order valence-corrected chi connectivity index (χ3v) is 2.39. The Labute approximate surface area is 105 Å². The molecule has 2 rings (SSSR count). The quantitative estimate of drug-likeness (QED) is 0.874. The van der Waals surface area contributed by atoms with Crippen LogP contribution < -0.4 is 5.32 Å². The Hall–Kier alpha value is -2.14. The Kier molecular flexibility index (Phi) is 4.09. The van der Waals surface area contributed by atoms with Gasteiger partial charge in [0.15, 0.2) is 0 Å². The van der Waals surface area contributed by atoms with E-state index in [1.807, 2.05) is 42.0 Å². The van der Waals surface area contributed by atoms with Gasteiger partial charge in [0, 0.05) is 30.4 Å². The third kappa shape index (κ3) is 3.18. The van der Waals surface area contributed by atoms with Gasteiger partial charge in [0.1, 0.15) is 6.61 Å². The van der Waals surface area contributed by atoms with Gasteiger partial charge < -0.3 is 14.6 Å². The van der Waals surface area contributed by atoms with E-state index in [1.54, 1.807) is 12.5 Å². The summed E-state index contributed by atoms with van der Waals surface area (Å²) < 4.78 is 6.92. The SMILES string of the molecule is CCOCC(=O)Nc1ccc(-n2ccnc2)cc1. The molecule has 0 unspecified atom stereocenters. The molecule has 1 heterocycles. The maximum atomic E-state index is 11.4. The van der Waals surface area contributed by atoms with Crippen molar-refractivity contribution in [2.45, 2.75) is 6.92 Å². The lowest BCUT2D eigenvalue weighted by atomic mass is 10.3. The summed E-state index contributed by atoms with van der Waals surface area (Å²) in [7, 11) is 0. The van der Waals surface area contributed by atoms with Gasteiger partial charge in [0.05, 0.1) is 6.33 Å². The standard InChI is InChI=1S/C13H15N3O2/c1-2-18-9-13(17)15-11-3-5-12(6-4-11)16-8-7-14-10-16/h3-8,10H,2,9H2,1H3,(H,15,17). The molecule has 0 spiro atoms. The van der Waals surface area contributed by atoms with Gasteiger partial charge in [-0.05, 0) is 31.2 Å². The van der Waals surface area contributed by atoms with Crippen LogP contribution in [0.1, 0.15) is 6.92 Å². The van der Waals surface area contributed by atoms with Crippen LogP contribution in [0.25, 0.3) is 5.69 Å². The van der Waals surface area contributed by atoms with Crippen LogP contribution in [-0.4, -0.2) is 28.7 Å². The van der Waals surface area contributed by atoms with Crippen molar-refractivity contribution in [3.05, 3.63) is 43.0 Å². The number of nitrogens with zero attached hydrogens (tertiary/aromatic N) is 2. The number of ether oxygens (including phenoxy) is 1. The number of imidazole rings is 1. The van der Waals surface area contributed by atoms with Crippen LogP contribution in [0.2, 0.25) is 0 Å². The Morgan fingerprint density at radius 3 is 2.78 bits per heavy atom. The van der Waals surface area contributed by atoms with Gasteiger partial charge in [-0.2, -0.15) is 0 Å². The number of hydrogen-bond acceptors (Lipinski definition) is 3. The molecular formula is C13H15N3O2. The highest BCUT2D eigenvalue weighted by atomic mass is 16.5. The summed E-state index contributed by atoms with van der Waals surface area (Å²) in [6.45, 7) is 2.47. The Morgan fingerprint density at radius 1 is 1.39 bits per heavy atom. The molecule has 0 aliphatic heterocycles. The predicted molar refractivity (Wildman–Crippen MR) is 68.7 cm³/mol. The molecule has 0 radical (unpaired) electrons. The molecular weight excluding hydrogens is 230 g/mol. The minimum Gasteiger partial charge on any atom is -0.372 e. The van der Waals surface area contributed by atoms with Crippen LogP contribution in [0.5, 0.6) is 0 Å². The summed E-state index contributed by atoms with van der Waals surface area (Å²) in [6.07, 6.45) is 5.31. The lowest BCUT2D eigenvalue weighted by Gasteiger charge is -2.07. The van der Waals surface area contributed by atoms with Gasteiger partial charge in [-0.3, -0.25) is 4.79 Å². The summed E-state index contributed by atoms with van der Waals surface area (Å²) in [6, 6.07) is 7.52. The van der Waals surface area contributed by atoms with Crippen LogP contribution in [0.3, 0.4) is 0 Å². The number of anilines is 1. The van der Waals surface area contributed by atoms with Crippen molar-refractivity contribution < 1.29 is 9.53 Å². The second-order valence-corrected chi connectivity index (χ2v) is 3.70. The highest BCUT2D eigenvalue weighted by Crippen LogP contribution is 2.12. The number of amides is 1. The first-order chi connectivity index (χ1) is 8.79. The molecule has 5 nitrogen and oxygen atoms in total. The molecule has 0 bridgehead atoms. The molecule has 0 saturated carbocycles. The van der Waals surface area contributed by atoms with Gasteiger partial charge in [-0.1, -0.05) is 0 Å². The number of nitrogens with one attached hydrogen (secondary N) is 1. The zero-order valence-electron chi connectivity index (χ0n) is 10.2. The third-order valence-electron chi connectivity index (χ3n) is 2.39. The van der Waals surface area contributed by atoms with E-state index < -0.39 is 0 Å². The molecule has 1 aromatic carbocycles. The number of rotatable bonds is 5. The maximum absolute atomic E-state index is 11.4. The normalized spacial score (nSPS) is 10.3. The summed E-state index contributed by atoms with van der Waals surface area (Å²) in [5.74, 6) is -0.146. The first-order valence-electron chi connectivity index (χ1n) is 5.75. The first-order valence-corrected chi connectivity index (χ1v) is 5.75. The average molecular weight is 245 g/mol. The fourth-order valence-electron chi connectivity index (χ4n) is 1.52. The van der Waals surface area contributed by atoms with Crippen LogP contribution in [0.15, 0.2) is 43.0 Å². The second kappa shape index (κ2) is 5.97. The molecule has 2 aromatic rings. The summed E-state index contributed by atoms with van der Waals surface area (Å²) >= 11 is 0. The van der Waals surface area contributed by atoms with Gasteiger partial charge >= 0.3 is 0 Å². The average Bonchev–Trinajstić information content (AvgIpc) is 2.91. The molecule has 0 saturated heterocycles.